The van der Waals surface area contributed by atoms with Gasteiger partial charge in [0.2, 0.25) is 17.7 Å². The van der Waals surface area contributed by atoms with Crippen molar-refractivity contribution in [1.82, 2.24) is 10.2 Å². The Hall–Kier alpha value is -2.67. The van der Waals surface area contributed by atoms with Crippen molar-refractivity contribution in [3.05, 3.63) is 42.0 Å². The highest BCUT2D eigenvalue weighted by molar-refractivity contribution is 6.02. The molecule has 1 saturated carbocycles. The van der Waals surface area contributed by atoms with E-state index in [0.29, 0.717) is 5.69 Å². The van der Waals surface area contributed by atoms with E-state index in [2.05, 4.69) is 10.6 Å². The molecule has 5 rings (SSSR count). The number of anilines is 1. The van der Waals surface area contributed by atoms with Crippen LogP contribution >= 0.6 is 0 Å². The maximum absolute atomic E-state index is 13.8. The number of nitrogens with one attached hydrogen (secondary N) is 2. The molecule has 4 aliphatic rings. The predicted molar refractivity (Wildman–Crippen MR) is 129 cm³/mol. The summed E-state index contributed by atoms with van der Waals surface area (Å²) < 4.78 is 6.40. The van der Waals surface area contributed by atoms with Crippen LogP contribution in [0, 0.1) is 18.8 Å². The van der Waals surface area contributed by atoms with Crippen molar-refractivity contribution < 1.29 is 19.1 Å². The Morgan fingerprint density at radius 3 is 2.53 bits per heavy atom. The van der Waals surface area contributed by atoms with Gasteiger partial charge in [-0.3, -0.25) is 14.4 Å². The fourth-order valence-electron chi connectivity index (χ4n) is 6.27. The van der Waals surface area contributed by atoms with E-state index >= 15 is 0 Å². The van der Waals surface area contributed by atoms with Crippen LogP contribution in [0.3, 0.4) is 0 Å². The summed E-state index contributed by atoms with van der Waals surface area (Å²) in [5.74, 6) is -1.93. The average molecular weight is 466 g/mol. The van der Waals surface area contributed by atoms with E-state index in [0.717, 1.165) is 37.7 Å². The molecule has 3 fully saturated rings. The van der Waals surface area contributed by atoms with Crippen LogP contribution in [-0.4, -0.2) is 52.5 Å². The molecule has 1 spiro atoms. The minimum atomic E-state index is -1.10. The Bertz CT molecular complexity index is 1000. The number of benzene rings is 1. The SMILES string of the molecule is CC[C@H](C)N1C(=O)[C@H]2[C@@H](C(=O)Nc3ccc(C)cc3)[C@H]3C=C[C@@]2(O3)[C@@H]1C(=O)NC1CCCCC1. The number of ether oxygens (including phenoxy) is 1. The van der Waals surface area contributed by atoms with Gasteiger partial charge in [0.25, 0.3) is 0 Å². The molecule has 1 aliphatic carbocycles. The monoisotopic (exact) mass is 465 g/mol. The molecular formula is C27H35N3O4. The Morgan fingerprint density at radius 2 is 1.85 bits per heavy atom. The molecule has 0 aromatic heterocycles. The Morgan fingerprint density at radius 1 is 1.15 bits per heavy atom. The summed E-state index contributed by atoms with van der Waals surface area (Å²) in [6, 6.07) is 6.82. The quantitative estimate of drug-likeness (QED) is 0.631. The number of aryl methyl sites for hydroxylation is 1. The van der Waals surface area contributed by atoms with Gasteiger partial charge in [-0.2, -0.15) is 0 Å². The number of hydrogen-bond acceptors (Lipinski definition) is 4. The molecule has 1 aromatic carbocycles. The van der Waals surface area contributed by atoms with E-state index in [-0.39, 0.29) is 29.8 Å². The molecular weight excluding hydrogens is 430 g/mol. The number of amides is 3. The normalized spacial score (nSPS) is 33.1. The van der Waals surface area contributed by atoms with E-state index in [1.165, 1.54) is 6.42 Å². The third-order valence-corrected chi connectivity index (χ3v) is 8.20. The number of carbonyl (C=O) groups excluding carboxylic acids is 3. The zero-order valence-corrected chi connectivity index (χ0v) is 20.3. The summed E-state index contributed by atoms with van der Waals surface area (Å²) in [5.41, 5.74) is 0.691. The zero-order chi connectivity index (χ0) is 24.0. The van der Waals surface area contributed by atoms with Gasteiger partial charge in [0, 0.05) is 17.8 Å². The highest BCUT2D eigenvalue weighted by Crippen LogP contribution is 2.55. The van der Waals surface area contributed by atoms with Crippen molar-refractivity contribution in [3.63, 3.8) is 0 Å². The minimum Gasteiger partial charge on any atom is -0.359 e. The van der Waals surface area contributed by atoms with Gasteiger partial charge in [0.05, 0.1) is 17.9 Å². The van der Waals surface area contributed by atoms with Crippen molar-refractivity contribution in [2.75, 3.05) is 5.32 Å². The first-order valence-corrected chi connectivity index (χ1v) is 12.7. The van der Waals surface area contributed by atoms with Gasteiger partial charge in [-0.1, -0.05) is 56.0 Å². The lowest BCUT2D eigenvalue weighted by molar-refractivity contribution is -0.143. The first-order valence-electron chi connectivity index (χ1n) is 12.7. The number of rotatable bonds is 6. The Balaban J connectivity index is 1.44. The number of fused-ring (bicyclic) bond motifs is 1. The maximum atomic E-state index is 13.8. The first kappa shape index (κ1) is 23.1. The molecule has 3 amide bonds. The molecule has 0 unspecified atom stereocenters. The fourth-order valence-corrected chi connectivity index (χ4v) is 6.27. The third-order valence-electron chi connectivity index (χ3n) is 8.20. The van der Waals surface area contributed by atoms with Gasteiger partial charge >= 0.3 is 0 Å². The third kappa shape index (κ3) is 3.65. The second kappa shape index (κ2) is 8.84. The summed E-state index contributed by atoms with van der Waals surface area (Å²) >= 11 is 0. The predicted octanol–water partition coefficient (Wildman–Crippen LogP) is 3.33. The zero-order valence-electron chi connectivity index (χ0n) is 20.3. The van der Waals surface area contributed by atoms with Gasteiger partial charge in [-0.05, 0) is 45.2 Å². The maximum Gasteiger partial charge on any atom is 0.246 e. The second-order valence-electron chi connectivity index (χ2n) is 10.4. The van der Waals surface area contributed by atoms with Crippen LogP contribution in [0.15, 0.2) is 36.4 Å². The van der Waals surface area contributed by atoms with Crippen LogP contribution < -0.4 is 10.6 Å². The lowest BCUT2D eigenvalue weighted by Gasteiger charge is -2.36. The second-order valence-corrected chi connectivity index (χ2v) is 10.4. The molecule has 0 radical (unpaired) electrons. The minimum absolute atomic E-state index is 0.133. The van der Waals surface area contributed by atoms with E-state index < -0.39 is 29.6 Å². The molecule has 1 aromatic rings. The van der Waals surface area contributed by atoms with Gasteiger partial charge in [0.1, 0.15) is 11.6 Å². The topological polar surface area (TPSA) is 87.7 Å². The molecule has 2 bridgehead atoms. The molecule has 3 aliphatic heterocycles. The van der Waals surface area contributed by atoms with Crippen LogP contribution in [-0.2, 0) is 19.1 Å². The largest absolute Gasteiger partial charge is 0.359 e. The molecule has 182 valence electrons. The molecule has 6 atom stereocenters. The van der Waals surface area contributed by atoms with Gasteiger partial charge in [-0.15, -0.1) is 0 Å². The van der Waals surface area contributed by atoms with E-state index in [4.69, 9.17) is 4.74 Å². The molecule has 2 N–H and O–H groups in total. The summed E-state index contributed by atoms with van der Waals surface area (Å²) in [6.07, 6.45) is 9.30. The fraction of sp³-hybridized carbons (Fsp3) is 0.593. The van der Waals surface area contributed by atoms with Crippen molar-refractivity contribution in [2.45, 2.75) is 89.1 Å². The van der Waals surface area contributed by atoms with Crippen molar-refractivity contribution >= 4 is 23.4 Å². The van der Waals surface area contributed by atoms with Gasteiger partial charge < -0.3 is 20.3 Å². The van der Waals surface area contributed by atoms with Crippen LogP contribution in [0.1, 0.15) is 57.9 Å². The van der Waals surface area contributed by atoms with Crippen LogP contribution in [0.25, 0.3) is 0 Å². The highest BCUT2D eigenvalue weighted by Gasteiger charge is 2.73. The number of nitrogens with zero attached hydrogens (tertiary/aromatic N) is 1. The van der Waals surface area contributed by atoms with Gasteiger partial charge in [0.15, 0.2) is 0 Å². The summed E-state index contributed by atoms with van der Waals surface area (Å²) in [7, 11) is 0. The molecule has 34 heavy (non-hydrogen) atoms. The number of likely N-dealkylation sites (tertiary alicyclic amines) is 1. The molecule has 3 heterocycles. The molecule has 2 saturated heterocycles. The lowest BCUT2D eigenvalue weighted by atomic mass is 9.74. The summed E-state index contributed by atoms with van der Waals surface area (Å²) in [4.78, 5) is 42.7. The van der Waals surface area contributed by atoms with Crippen LogP contribution in [0.5, 0.6) is 0 Å². The molecule has 7 heteroatoms. The van der Waals surface area contributed by atoms with Gasteiger partial charge in [-0.25, -0.2) is 0 Å². The summed E-state index contributed by atoms with van der Waals surface area (Å²) in [6.45, 7) is 5.96. The average Bonchev–Trinajstić information content (AvgIpc) is 3.48. The van der Waals surface area contributed by atoms with E-state index in [1.807, 2.05) is 57.2 Å². The van der Waals surface area contributed by atoms with Crippen molar-refractivity contribution in [2.24, 2.45) is 11.8 Å². The Kier molecular flexibility index (Phi) is 6.00. The smallest absolute Gasteiger partial charge is 0.246 e. The van der Waals surface area contributed by atoms with E-state index in [9.17, 15) is 14.4 Å². The Labute approximate surface area is 201 Å². The van der Waals surface area contributed by atoms with Crippen LogP contribution in [0.4, 0.5) is 5.69 Å². The summed E-state index contributed by atoms with van der Waals surface area (Å²) in [5, 5.41) is 6.19. The van der Waals surface area contributed by atoms with Crippen molar-refractivity contribution in [1.29, 1.82) is 0 Å². The highest BCUT2D eigenvalue weighted by atomic mass is 16.5. The first-order chi connectivity index (χ1) is 16.4. The molecule has 7 nitrogen and oxygen atoms in total. The number of hydrogen-bond donors (Lipinski definition) is 2. The van der Waals surface area contributed by atoms with E-state index in [1.54, 1.807) is 4.90 Å². The number of carbonyl (C=O) groups is 3. The van der Waals surface area contributed by atoms with Crippen molar-refractivity contribution in [3.8, 4) is 0 Å². The standard InChI is InChI=1S/C27H35N3O4/c1-4-17(3)30-23(25(32)29-18-8-6-5-7-9-18)27-15-14-20(34-27)21(22(27)26(30)33)24(31)28-19-12-10-16(2)11-13-19/h10-15,17-18,20-23H,4-9H2,1-3H3,(H,28,31)(H,29,32)/t17-,20+,21-,22+,23-,27-/m0/s1. The van der Waals surface area contributed by atoms with Crippen LogP contribution in [0.2, 0.25) is 0 Å². The lowest BCUT2D eigenvalue weighted by Crippen LogP contribution is -2.58.